The number of halogens is 2. The molecule has 0 radical (unpaired) electrons. The van der Waals surface area contributed by atoms with Gasteiger partial charge in [0.05, 0.1) is 18.1 Å². The van der Waals surface area contributed by atoms with Crippen molar-refractivity contribution in [3.05, 3.63) is 117 Å². The molecule has 0 saturated heterocycles. The van der Waals surface area contributed by atoms with Crippen LogP contribution in [0.2, 0.25) is 0 Å². The average molecular weight is 676 g/mol. The summed E-state index contributed by atoms with van der Waals surface area (Å²) in [5.41, 5.74) is 3.84. The first kappa shape index (κ1) is 39.1. The fraction of sp³-hybridized carbons (Fsp3) is 0.188. The van der Waals surface area contributed by atoms with Gasteiger partial charge in [-0.05, 0) is 66.8 Å². The fourth-order valence-electron chi connectivity index (χ4n) is 4.45. The Bertz CT molecular complexity index is 2150. The topological polar surface area (TPSA) is 199 Å². The van der Waals surface area contributed by atoms with Crippen molar-refractivity contribution in [2.45, 2.75) is 26.7 Å². The second-order valence-electron chi connectivity index (χ2n) is 9.83. The van der Waals surface area contributed by atoms with Crippen molar-refractivity contribution in [2.24, 2.45) is 14.1 Å². The molecule has 254 valence electrons. The molecule has 0 spiro atoms. The Morgan fingerprint density at radius 1 is 0.755 bits per heavy atom. The van der Waals surface area contributed by atoms with Gasteiger partial charge in [0.2, 0.25) is 0 Å². The van der Waals surface area contributed by atoms with Crippen LogP contribution in [0, 0.1) is 11.6 Å². The lowest BCUT2D eigenvalue weighted by Crippen LogP contribution is -2.29. The number of rotatable bonds is 4. The van der Waals surface area contributed by atoms with Crippen LogP contribution in [0.25, 0.3) is 27.8 Å². The second-order valence-corrected chi connectivity index (χ2v) is 9.83. The van der Waals surface area contributed by atoms with Crippen molar-refractivity contribution in [1.82, 2.24) is 29.1 Å². The summed E-state index contributed by atoms with van der Waals surface area (Å²) in [4.78, 5) is 59.3. The van der Waals surface area contributed by atoms with Crippen molar-refractivity contribution >= 4 is 47.0 Å². The lowest BCUT2D eigenvalue weighted by Gasteiger charge is -2.11. The molecular weight excluding hydrogens is 645 g/mol. The second kappa shape index (κ2) is 18.9. The number of carbonyl (C=O) groups excluding carboxylic acids is 4. The smallest absolute Gasteiger partial charge is 0.423 e. The molecule has 0 amide bonds. The third-order valence-corrected chi connectivity index (χ3v) is 6.79. The van der Waals surface area contributed by atoms with Crippen LogP contribution in [0.1, 0.15) is 25.0 Å². The SMILES string of the molecule is CCc1cc2cnn(C)c2[nH]c1=O.CCc1cc2cnn(C)c2n(-c2ccc(F)cc2)c1=O.O=C=O.O=C=O.OB(O)c1ccc(F)cc1. The van der Waals surface area contributed by atoms with Gasteiger partial charge in [0, 0.05) is 36.0 Å². The molecule has 0 fully saturated rings. The van der Waals surface area contributed by atoms with E-state index in [-0.39, 0.29) is 35.1 Å². The number of nitrogens with zero attached hydrogens (tertiary/aromatic N) is 5. The van der Waals surface area contributed by atoms with Gasteiger partial charge in [0.25, 0.3) is 11.1 Å². The quantitative estimate of drug-likeness (QED) is 0.231. The minimum Gasteiger partial charge on any atom is -0.423 e. The third-order valence-electron chi connectivity index (χ3n) is 6.79. The number of nitrogens with one attached hydrogen (secondary N) is 1. The molecule has 0 atom stereocenters. The number of aromatic amines is 1. The van der Waals surface area contributed by atoms with Crippen LogP contribution in [-0.4, -0.2) is 58.6 Å². The van der Waals surface area contributed by atoms with Crippen LogP contribution in [-0.2, 0) is 46.1 Å². The van der Waals surface area contributed by atoms with E-state index < -0.39 is 7.12 Å². The summed E-state index contributed by atoms with van der Waals surface area (Å²) in [5.74, 6) is -0.709. The summed E-state index contributed by atoms with van der Waals surface area (Å²) in [5, 5.41) is 27.2. The Hall–Kier alpha value is -6.12. The highest BCUT2D eigenvalue weighted by Crippen LogP contribution is 2.18. The van der Waals surface area contributed by atoms with E-state index in [0.717, 1.165) is 34.0 Å². The molecule has 6 aromatic rings. The minimum absolute atomic E-state index is 0.0152. The number of H-pyrrole nitrogens is 1. The van der Waals surface area contributed by atoms with Crippen LogP contribution in [0.5, 0.6) is 0 Å². The highest BCUT2D eigenvalue weighted by atomic mass is 19.1. The molecule has 17 heteroatoms. The van der Waals surface area contributed by atoms with E-state index >= 15 is 0 Å². The highest BCUT2D eigenvalue weighted by molar-refractivity contribution is 6.58. The number of pyridine rings is 2. The third kappa shape index (κ3) is 10.4. The van der Waals surface area contributed by atoms with E-state index in [1.807, 2.05) is 33.0 Å². The molecule has 0 aliphatic rings. The van der Waals surface area contributed by atoms with Gasteiger partial charge in [-0.3, -0.25) is 23.5 Å². The number of hydrogen-bond donors (Lipinski definition) is 3. The summed E-state index contributed by atoms with van der Waals surface area (Å²) in [6.07, 6.45) is 5.38. The maximum absolute atomic E-state index is 13.1. The number of benzene rings is 2. The van der Waals surface area contributed by atoms with Crippen LogP contribution in [0.4, 0.5) is 8.78 Å². The highest BCUT2D eigenvalue weighted by Gasteiger charge is 2.13. The zero-order valence-electron chi connectivity index (χ0n) is 26.8. The summed E-state index contributed by atoms with van der Waals surface area (Å²) in [6, 6.07) is 14.6. The van der Waals surface area contributed by atoms with E-state index in [2.05, 4.69) is 15.2 Å². The maximum Gasteiger partial charge on any atom is 0.488 e. The molecule has 49 heavy (non-hydrogen) atoms. The summed E-state index contributed by atoms with van der Waals surface area (Å²) >= 11 is 0. The van der Waals surface area contributed by atoms with Gasteiger partial charge < -0.3 is 15.0 Å². The largest absolute Gasteiger partial charge is 0.488 e. The summed E-state index contributed by atoms with van der Waals surface area (Å²) < 4.78 is 30.2. The van der Waals surface area contributed by atoms with E-state index in [9.17, 15) is 18.4 Å². The Morgan fingerprint density at radius 3 is 1.73 bits per heavy atom. The predicted octanol–water partition coefficient (Wildman–Crippen LogP) is 1.59. The summed E-state index contributed by atoms with van der Waals surface area (Å²) in [6.45, 7) is 3.90. The van der Waals surface area contributed by atoms with Gasteiger partial charge in [-0.25, -0.2) is 8.78 Å². The Labute approximate surface area is 277 Å². The van der Waals surface area contributed by atoms with Gasteiger partial charge in [-0.1, -0.05) is 26.0 Å². The van der Waals surface area contributed by atoms with Gasteiger partial charge in [0.1, 0.15) is 22.9 Å². The molecular formula is C32H31BF2N6O8. The number of hydrogen-bond acceptors (Lipinski definition) is 10. The molecule has 0 saturated carbocycles. The van der Waals surface area contributed by atoms with Crippen LogP contribution in [0.15, 0.2) is 82.6 Å². The van der Waals surface area contributed by atoms with Crippen molar-refractivity contribution in [3.63, 3.8) is 0 Å². The lowest BCUT2D eigenvalue weighted by atomic mass is 9.80. The molecule has 4 aromatic heterocycles. The van der Waals surface area contributed by atoms with Crippen molar-refractivity contribution < 1.29 is 38.0 Å². The average Bonchev–Trinajstić information content (AvgIpc) is 3.63. The van der Waals surface area contributed by atoms with E-state index in [4.69, 9.17) is 29.2 Å². The Morgan fingerprint density at radius 2 is 1.22 bits per heavy atom. The van der Waals surface area contributed by atoms with Crippen molar-refractivity contribution in [2.75, 3.05) is 0 Å². The van der Waals surface area contributed by atoms with Crippen LogP contribution in [0.3, 0.4) is 0 Å². The molecule has 6 rings (SSSR count). The first-order valence-electron chi connectivity index (χ1n) is 14.3. The molecule has 4 heterocycles. The van der Waals surface area contributed by atoms with E-state index in [0.29, 0.717) is 23.2 Å². The van der Waals surface area contributed by atoms with Gasteiger partial charge in [-0.2, -0.15) is 29.4 Å². The summed E-state index contributed by atoms with van der Waals surface area (Å²) in [7, 11) is 2.08. The van der Waals surface area contributed by atoms with Crippen molar-refractivity contribution in [3.8, 4) is 5.69 Å². The predicted molar refractivity (Wildman–Crippen MR) is 173 cm³/mol. The molecule has 2 aromatic carbocycles. The fourth-order valence-corrected chi connectivity index (χ4v) is 4.45. The number of fused-ring (bicyclic) bond motifs is 2. The van der Waals surface area contributed by atoms with Crippen LogP contribution < -0.4 is 16.6 Å². The minimum atomic E-state index is -1.51. The monoisotopic (exact) mass is 676 g/mol. The molecule has 0 aliphatic carbocycles. The number of aryl methyl sites for hydroxylation is 4. The first-order chi connectivity index (χ1) is 23.4. The maximum atomic E-state index is 13.1. The van der Waals surface area contributed by atoms with Gasteiger partial charge in [-0.15, -0.1) is 0 Å². The Kier molecular flexibility index (Phi) is 15.1. The molecule has 0 bridgehead atoms. The van der Waals surface area contributed by atoms with Gasteiger partial charge >= 0.3 is 19.4 Å². The first-order valence-corrected chi connectivity index (χ1v) is 14.3. The van der Waals surface area contributed by atoms with Gasteiger partial charge in [0.15, 0.2) is 0 Å². The normalized spacial score (nSPS) is 9.71. The Balaban J connectivity index is 0.000000248. The molecule has 3 N–H and O–H groups in total. The molecule has 0 aliphatic heterocycles. The van der Waals surface area contributed by atoms with E-state index in [1.165, 1.54) is 36.4 Å². The van der Waals surface area contributed by atoms with Crippen LogP contribution >= 0.6 is 0 Å². The lowest BCUT2D eigenvalue weighted by molar-refractivity contribution is -0.193. The zero-order valence-corrected chi connectivity index (χ0v) is 26.8. The zero-order chi connectivity index (χ0) is 36.7. The molecule has 14 nitrogen and oxygen atoms in total. The molecule has 0 unspecified atom stereocenters. The van der Waals surface area contributed by atoms with E-state index in [1.54, 1.807) is 45.5 Å². The van der Waals surface area contributed by atoms with Crippen molar-refractivity contribution in [1.29, 1.82) is 0 Å². The standard InChI is InChI=1S/C15H14FN3O.C9H11N3O.C6H6BFO2.2CO2/c1-3-10-8-11-9-17-18(2)14(11)19(15(10)20)13-6-4-12(16)5-7-13;1-3-6-4-7-5-10-12(2)8(7)11-9(6)13;8-6-3-1-5(2-4-6)7(9)10;2*2-1-3/h4-9H,3H2,1-2H3;4-5H,3H2,1-2H3,(H,11,13);1-4,9-10H;;. The number of aromatic nitrogens is 6.